The average molecular weight is 498 g/mol. The molecule has 0 atom stereocenters. The summed E-state index contributed by atoms with van der Waals surface area (Å²) in [6, 6.07) is 10.9. The molecule has 4 aromatic rings. The number of nitrogens with zero attached hydrogens (tertiary/aromatic N) is 7. The predicted molar refractivity (Wildman–Crippen MR) is 123 cm³/mol. The third kappa shape index (κ3) is 4.91. The predicted octanol–water partition coefficient (Wildman–Crippen LogP) is 2.62. The molecule has 0 bridgehead atoms. The quantitative estimate of drug-likeness (QED) is 0.208. The highest BCUT2D eigenvalue weighted by Gasteiger charge is 2.25. The van der Waals surface area contributed by atoms with Crippen molar-refractivity contribution in [2.45, 2.75) is 6.92 Å². The lowest BCUT2D eigenvalue weighted by Gasteiger charge is -2.07. The fourth-order valence-corrected chi connectivity index (χ4v) is 3.21. The first-order valence-electron chi connectivity index (χ1n) is 9.93. The minimum absolute atomic E-state index is 0.0191. The molecule has 35 heavy (non-hydrogen) atoms. The number of carbonyl (C=O) groups excluding carboxylic acids is 1. The van der Waals surface area contributed by atoms with E-state index in [1.54, 1.807) is 24.3 Å². The number of anilines is 1. The van der Waals surface area contributed by atoms with Gasteiger partial charge in [0.05, 0.1) is 17.7 Å². The maximum atomic E-state index is 12.9. The van der Waals surface area contributed by atoms with Crippen LogP contribution in [0.5, 0.6) is 5.75 Å². The first-order chi connectivity index (χ1) is 16.9. The zero-order valence-electron chi connectivity index (χ0n) is 18.0. The van der Waals surface area contributed by atoms with Gasteiger partial charge < -0.3 is 10.5 Å². The van der Waals surface area contributed by atoms with Crippen molar-refractivity contribution in [1.29, 1.82) is 0 Å². The van der Waals surface area contributed by atoms with E-state index in [0.717, 1.165) is 0 Å². The maximum Gasteiger partial charge on any atom is 0.294 e. The SMILES string of the molecule is CCOc1ccc(-c2c(C(=O)NN=Cc3ccc(Cl)c([N+](=O)[O-])c3)nnn2-c2nonc2N)cc1. The van der Waals surface area contributed by atoms with E-state index in [0.29, 0.717) is 23.5 Å². The molecule has 0 unspecified atom stereocenters. The molecular formula is C20H16ClN9O5. The smallest absolute Gasteiger partial charge is 0.294 e. The first kappa shape index (κ1) is 23.3. The Kier molecular flexibility index (Phi) is 6.64. The van der Waals surface area contributed by atoms with Crippen molar-refractivity contribution in [2.75, 3.05) is 12.3 Å². The number of carbonyl (C=O) groups is 1. The summed E-state index contributed by atoms with van der Waals surface area (Å²) in [5, 5.41) is 30.1. The lowest BCUT2D eigenvalue weighted by Crippen LogP contribution is -2.19. The number of hydrogen-bond acceptors (Lipinski definition) is 11. The van der Waals surface area contributed by atoms with E-state index in [9.17, 15) is 14.9 Å². The highest BCUT2D eigenvalue weighted by molar-refractivity contribution is 6.32. The highest BCUT2D eigenvalue weighted by Crippen LogP contribution is 2.28. The van der Waals surface area contributed by atoms with Gasteiger partial charge in [0.15, 0.2) is 5.69 Å². The molecule has 2 heterocycles. The van der Waals surface area contributed by atoms with Gasteiger partial charge in [0.2, 0.25) is 11.6 Å². The molecule has 4 rings (SSSR count). The molecule has 0 aliphatic carbocycles. The molecule has 15 heteroatoms. The lowest BCUT2D eigenvalue weighted by atomic mass is 10.1. The normalized spacial score (nSPS) is 11.0. The van der Waals surface area contributed by atoms with E-state index in [1.807, 2.05) is 6.92 Å². The van der Waals surface area contributed by atoms with Gasteiger partial charge in [0.1, 0.15) is 16.5 Å². The van der Waals surface area contributed by atoms with Crippen LogP contribution >= 0.6 is 11.6 Å². The summed E-state index contributed by atoms with van der Waals surface area (Å²) in [5.74, 6) is -0.103. The molecule has 0 aliphatic heterocycles. The number of halogens is 1. The summed E-state index contributed by atoms with van der Waals surface area (Å²) in [6.07, 6.45) is 1.22. The number of benzene rings is 2. The van der Waals surface area contributed by atoms with Crippen LogP contribution in [0.2, 0.25) is 5.02 Å². The van der Waals surface area contributed by atoms with Crippen LogP contribution in [-0.4, -0.2) is 49.0 Å². The third-order valence-electron chi connectivity index (χ3n) is 4.57. The fraction of sp³-hybridized carbons (Fsp3) is 0.100. The van der Waals surface area contributed by atoms with Crippen LogP contribution < -0.4 is 15.9 Å². The number of nitro benzene ring substituents is 1. The lowest BCUT2D eigenvalue weighted by molar-refractivity contribution is -0.384. The summed E-state index contributed by atoms with van der Waals surface area (Å²) in [7, 11) is 0. The van der Waals surface area contributed by atoms with E-state index in [4.69, 9.17) is 22.1 Å². The Morgan fingerprint density at radius 3 is 2.74 bits per heavy atom. The van der Waals surface area contributed by atoms with Crippen molar-refractivity contribution in [3.8, 4) is 22.8 Å². The Hall–Kier alpha value is -4.85. The van der Waals surface area contributed by atoms with Crippen molar-refractivity contribution in [3.63, 3.8) is 0 Å². The number of hydrogen-bond donors (Lipinski definition) is 2. The van der Waals surface area contributed by atoms with E-state index < -0.39 is 10.8 Å². The van der Waals surface area contributed by atoms with Gasteiger partial charge in [0.25, 0.3) is 11.6 Å². The van der Waals surface area contributed by atoms with Crippen LogP contribution in [0.1, 0.15) is 23.0 Å². The maximum absolute atomic E-state index is 12.9. The van der Waals surface area contributed by atoms with E-state index in [-0.39, 0.29) is 33.7 Å². The second-order valence-corrected chi connectivity index (χ2v) is 7.20. The number of nitro groups is 1. The van der Waals surface area contributed by atoms with Gasteiger partial charge in [-0.25, -0.2) is 10.1 Å². The molecule has 0 spiro atoms. The number of nitrogens with one attached hydrogen (secondary N) is 1. The Morgan fingerprint density at radius 1 is 1.31 bits per heavy atom. The summed E-state index contributed by atoms with van der Waals surface area (Å²) in [6.45, 7) is 2.35. The van der Waals surface area contributed by atoms with Gasteiger partial charge in [-0.15, -0.1) is 5.10 Å². The van der Waals surface area contributed by atoms with Crippen molar-refractivity contribution in [2.24, 2.45) is 5.10 Å². The zero-order valence-corrected chi connectivity index (χ0v) is 18.7. The molecule has 178 valence electrons. The Morgan fingerprint density at radius 2 is 2.09 bits per heavy atom. The van der Waals surface area contributed by atoms with Gasteiger partial charge >= 0.3 is 0 Å². The van der Waals surface area contributed by atoms with Crippen molar-refractivity contribution in [3.05, 3.63) is 68.9 Å². The number of nitrogens with two attached hydrogens (primary N) is 1. The van der Waals surface area contributed by atoms with Gasteiger partial charge in [-0.1, -0.05) is 22.9 Å². The molecule has 0 aliphatic rings. The number of hydrazone groups is 1. The minimum Gasteiger partial charge on any atom is -0.494 e. The highest BCUT2D eigenvalue weighted by atomic mass is 35.5. The molecule has 0 radical (unpaired) electrons. The van der Waals surface area contributed by atoms with Gasteiger partial charge in [-0.05, 0) is 47.6 Å². The van der Waals surface area contributed by atoms with Crippen molar-refractivity contribution in [1.82, 2.24) is 30.7 Å². The van der Waals surface area contributed by atoms with Crippen LogP contribution in [0.15, 0.2) is 52.2 Å². The van der Waals surface area contributed by atoms with E-state index in [1.165, 1.54) is 29.1 Å². The van der Waals surface area contributed by atoms with Gasteiger partial charge in [0, 0.05) is 17.2 Å². The Bertz CT molecular complexity index is 1410. The summed E-state index contributed by atoms with van der Waals surface area (Å²) in [4.78, 5) is 23.3. The topological polar surface area (TPSA) is 189 Å². The number of nitrogen functional groups attached to an aromatic ring is 1. The number of aromatic nitrogens is 5. The zero-order chi connectivity index (χ0) is 24.9. The molecule has 0 fully saturated rings. The Balaban J connectivity index is 1.65. The van der Waals surface area contributed by atoms with Gasteiger partial charge in [-0.2, -0.15) is 9.78 Å². The largest absolute Gasteiger partial charge is 0.494 e. The minimum atomic E-state index is -0.713. The molecular weight excluding hydrogens is 482 g/mol. The molecule has 1 amide bonds. The fourth-order valence-electron chi connectivity index (χ4n) is 3.02. The van der Waals surface area contributed by atoms with Crippen LogP contribution in [0, 0.1) is 10.1 Å². The molecule has 0 saturated carbocycles. The monoisotopic (exact) mass is 497 g/mol. The van der Waals surface area contributed by atoms with E-state index >= 15 is 0 Å². The molecule has 2 aromatic carbocycles. The Labute approximate surface area is 201 Å². The van der Waals surface area contributed by atoms with Crippen LogP contribution in [0.4, 0.5) is 11.5 Å². The molecule has 2 aromatic heterocycles. The van der Waals surface area contributed by atoms with E-state index in [2.05, 4.69) is 35.8 Å². The summed E-state index contributed by atoms with van der Waals surface area (Å²) >= 11 is 5.81. The van der Waals surface area contributed by atoms with Gasteiger partial charge in [-0.3, -0.25) is 14.9 Å². The average Bonchev–Trinajstić information content (AvgIpc) is 3.46. The number of amides is 1. The van der Waals surface area contributed by atoms with Crippen molar-refractivity contribution < 1.29 is 19.1 Å². The van der Waals surface area contributed by atoms with Crippen LogP contribution in [0.3, 0.4) is 0 Å². The summed E-state index contributed by atoms with van der Waals surface area (Å²) in [5.41, 5.74) is 8.86. The van der Waals surface area contributed by atoms with Crippen LogP contribution in [-0.2, 0) is 0 Å². The second kappa shape index (κ2) is 9.96. The standard InChI is InChI=1S/C20H16ClN9O5/c1-2-34-13-6-4-12(5-7-13)17-16(24-28-29(17)19-18(22)26-35-27-19)20(31)25-23-10-11-3-8-14(21)15(9-11)30(32)33/h3-10H,2H2,1H3,(H2,22,26)(H,25,31). The number of ether oxygens (including phenoxy) is 1. The first-order valence-corrected chi connectivity index (χ1v) is 10.3. The molecule has 3 N–H and O–H groups in total. The molecule has 0 saturated heterocycles. The van der Waals surface area contributed by atoms with Crippen molar-refractivity contribution >= 4 is 35.2 Å². The summed E-state index contributed by atoms with van der Waals surface area (Å²) < 4.78 is 11.3. The molecule has 14 nitrogen and oxygen atoms in total. The second-order valence-electron chi connectivity index (χ2n) is 6.80. The van der Waals surface area contributed by atoms with Crippen LogP contribution in [0.25, 0.3) is 17.1 Å². The number of rotatable bonds is 8. The third-order valence-corrected chi connectivity index (χ3v) is 4.89.